The van der Waals surface area contributed by atoms with E-state index in [1.165, 1.54) is 16.7 Å². The van der Waals surface area contributed by atoms with Crippen LogP contribution >= 0.6 is 11.6 Å². The molecule has 1 aliphatic carbocycles. The number of carbonyl (C=O) groups is 1. The van der Waals surface area contributed by atoms with Gasteiger partial charge >= 0.3 is 0 Å². The molecule has 6 nitrogen and oxygen atoms in total. The predicted octanol–water partition coefficient (Wildman–Crippen LogP) is 2.21. The van der Waals surface area contributed by atoms with Gasteiger partial charge in [-0.05, 0) is 55.3 Å². The van der Waals surface area contributed by atoms with Crippen molar-refractivity contribution < 1.29 is 9.63 Å². The third-order valence-corrected chi connectivity index (χ3v) is 6.00. The number of rotatable bonds is 4. The summed E-state index contributed by atoms with van der Waals surface area (Å²) in [5, 5.41) is 9.85. The molecule has 5 atom stereocenters. The molecule has 0 aromatic heterocycles. The van der Waals surface area contributed by atoms with Crippen molar-refractivity contribution in [1.82, 2.24) is 21.4 Å². The second kappa shape index (κ2) is 7.82. The third-order valence-electron chi connectivity index (χ3n) is 5.67. The molecule has 142 valence electrons. The summed E-state index contributed by atoms with van der Waals surface area (Å²) in [7, 11) is 0. The van der Waals surface area contributed by atoms with Gasteiger partial charge in [-0.25, -0.2) is 0 Å². The number of piperidine rings is 1. The Morgan fingerprint density at radius 1 is 1.38 bits per heavy atom. The molecule has 2 heterocycles. The van der Waals surface area contributed by atoms with Crippen LogP contribution in [0.4, 0.5) is 0 Å². The monoisotopic (exact) mass is 378 g/mol. The van der Waals surface area contributed by atoms with Crippen molar-refractivity contribution in [3.05, 3.63) is 34.9 Å². The molecule has 3 aliphatic rings. The number of alkyl halides is 1. The average Bonchev–Trinajstić information content (AvgIpc) is 3.28. The van der Waals surface area contributed by atoms with E-state index in [1.54, 1.807) is 0 Å². The van der Waals surface area contributed by atoms with E-state index in [4.69, 9.17) is 16.4 Å². The van der Waals surface area contributed by atoms with Crippen LogP contribution in [0.2, 0.25) is 0 Å². The van der Waals surface area contributed by atoms with Crippen molar-refractivity contribution in [2.24, 2.45) is 5.92 Å². The second-order valence-corrected chi connectivity index (χ2v) is 7.96. The molecule has 2 fully saturated rings. The zero-order valence-electron chi connectivity index (χ0n) is 15.1. The van der Waals surface area contributed by atoms with Crippen molar-refractivity contribution in [1.29, 1.82) is 0 Å². The molecule has 4 N–H and O–H groups in total. The SMILES string of the molecule is CCC1NC(c2ccc3c(c2)CC[C@H]3NC(=O)C2CCNC(Cl)C2)NO1. The van der Waals surface area contributed by atoms with Gasteiger partial charge in [-0.3, -0.25) is 14.9 Å². The van der Waals surface area contributed by atoms with Gasteiger partial charge in [-0.1, -0.05) is 25.1 Å². The molecular formula is C19H27ClN4O2. The van der Waals surface area contributed by atoms with E-state index < -0.39 is 0 Å². The van der Waals surface area contributed by atoms with Crippen LogP contribution in [0.5, 0.6) is 0 Å². The van der Waals surface area contributed by atoms with E-state index in [0.717, 1.165) is 32.2 Å². The molecule has 4 rings (SSSR count). The molecule has 1 aromatic rings. The Morgan fingerprint density at radius 2 is 2.27 bits per heavy atom. The average molecular weight is 379 g/mol. The van der Waals surface area contributed by atoms with Crippen LogP contribution in [-0.2, 0) is 16.1 Å². The molecule has 1 aromatic carbocycles. The Hall–Kier alpha value is -1.18. The second-order valence-electron chi connectivity index (χ2n) is 7.43. The molecule has 26 heavy (non-hydrogen) atoms. The Balaban J connectivity index is 1.41. The number of halogens is 1. The Bertz CT molecular complexity index is 671. The highest BCUT2D eigenvalue weighted by atomic mass is 35.5. The third kappa shape index (κ3) is 3.75. The van der Waals surface area contributed by atoms with E-state index in [0.29, 0.717) is 6.42 Å². The van der Waals surface area contributed by atoms with Gasteiger partial charge in [0.15, 0.2) is 0 Å². The summed E-state index contributed by atoms with van der Waals surface area (Å²) in [5.41, 5.74) is 6.69. The standard InChI is InChI=1S/C19H27ClN4O2/c1-2-17-23-18(24-26-17)12-3-5-14-11(9-12)4-6-15(14)22-19(25)13-7-8-21-16(20)10-13/h3,5,9,13,15-18,21,23-24H,2,4,6-8,10H2,1H3,(H,22,25)/t13?,15-,16?,17?,18?/m1/s1. The van der Waals surface area contributed by atoms with Crippen LogP contribution in [0.3, 0.4) is 0 Å². The Kier molecular flexibility index (Phi) is 5.47. The van der Waals surface area contributed by atoms with Crippen molar-refractivity contribution in [2.75, 3.05) is 6.54 Å². The Labute approximate surface area is 159 Å². The van der Waals surface area contributed by atoms with Gasteiger partial charge in [0, 0.05) is 5.92 Å². The van der Waals surface area contributed by atoms with Crippen LogP contribution in [0, 0.1) is 5.92 Å². The van der Waals surface area contributed by atoms with Gasteiger partial charge in [0.25, 0.3) is 0 Å². The zero-order valence-corrected chi connectivity index (χ0v) is 15.8. The molecule has 2 saturated heterocycles. The molecule has 2 aliphatic heterocycles. The first-order chi connectivity index (χ1) is 12.6. The molecule has 1 amide bonds. The topological polar surface area (TPSA) is 74.4 Å². The van der Waals surface area contributed by atoms with E-state index >= 15 is 0 Å². The number of hydrogen-bond donors (Lipinski definition) is 4. The maximum atomic E-state index is 12.6. The predicted molar refractivity (Wildman–Crippen MR) is 100 cm³/mol. The quantitative estimate of drug-likeness (QED) is 0.477. The number of fused-ring (bicyclic) bond motifs is 1. The highest BCUT2D eigenvalue weighted by Gasteiger charge is 2.31. The molecular weight excluding hydrogens is 352 g/mol. The van der Waals surface area contributed by atoms with Crippen molar-refractivity contribution in [2.45, 2.75) is 63.0 Å². The molecule has 0 spiro atoms. The lowest BCUT2D eigenvalue weighted by atomic mass is 9.96. The lowest BCUT2D eigenvalue weighted by Gasteiger charge is -2.27. The van der Waals surface area contributed by atoms with E-state index in [9.17, 15) is 4.79 Å². The first-order valence-electron chi connectivity index (χ1n) is 9.62. The summed E-state index contributed by atoms with van der Waals surface area (Å²) >= 11 is 6.14. The molecule has 4 unspecified atom stereocenters. The summed E-state index contributed by atoms with van der Waals surface area (Å²) in [6.07, 6.45) is 4.49. The summed E-state index contributed by atoms with van der Waals surface area (Å²) in [4.78, 5) is 18.1. The number of hydrogen-bond acceptors (Lipinski definition) is 5. The van der Waals surface area contributed by atoms with Gasteiger partial charge in [0.1, 0.15) is 12.4 Å². The van der Waals surface area contributed by atoms with Gasteiger partial charge in [0.2, 0.25) is 5.91 Å². The molecule has 0 saturated carbocycles. The van der Waals surface area contributed by atoms with Crippen LogP contribution in [0.15, 0.2) is 18.2 Å². The minimum absolute atomic E-state index is 0.0112. The fourth-order valence-electron chi connectivity index (χ4n) is 4.13. The van der Waals surface area contributed by atoms with E-state index in [2.05, 4.69) is 46.6 Å². The van der Waals surface area contributed by atoms with Gasteiger partial charge in [-0.2, -0.15) is 5.48 Å². The largest absolute Gasteiger partial charge is 0.349 e. The van der Waals surface area contributed by atoms with Crippen LogP contribution < -0.4 is 21.4 Å². The fourth-order valence-corrected chi connectivity index (χ4v) is 4.45. The lowest BCUT2D eigenvalue weighted by Crippen LogP contribution is -2.42. The lowest BCUT2D eigenvalue weighted by molar-refractivity contribution is -0.126. The fraction of sp³-hybridized carbons (Fsp3) is 0.632. The maximum absolute atomic E-state index is 12.6. The van der Waals surface area contributed by atoms with E-state index in [-0.39, 0.29) is 35.8 Å². The van der Waals surface area contributed by atoms with Crippen LogP contribution in [-0.4, -0.2) is 24.2 Å². The summed E-state index contributed by atoms with van der Waals surface area (Å²) in [5.74, 6) is 0.148. The number of benzene rings is 1. The van der Waals surface area contributed by atoms with Crippen molar-refractivity contribution in [3.63, 3.8) is 0 Å². The first-order valence-corrected chi connectivity index (χ1v) is 10.1. The number of amides is 1. The first kappa shape index (κ1) is 18.2. The smallest absolute Gasteiger partial charge is 0.223 e. The minimum atomic E-state index is -0.0986. The Morgan fingerprint density at radius 3 is 3.04 bits per heavy atom. The maximum Gasteiger partial charge on any atom is 0.223 e. The van der Waals surface area contributed by atoms with Crippen LogP contribution in [0.25, 0.3) is 0 Å². The van der Waals surface area contributed by atoms with Crippen molar-refractivity contribution in [3.8, 4) is 0 Å². The molecule has 0 radical (unpaired) electrons. The summed E-state index contributed by atoms with van der Waals surface area (Å²) < 4.78 is 0. The van der Waals surface area contributed by atoms with E-state index in [1.807, 2.05) is 0 Å². The number of aryl methyl sites for hydroxylation is 1. The van der Waals surface area contributed by atoms with Crippen molar-refractivity contribution >= 4 is 17.5 Å². The zero-order chi connectivity index (χ0) is 18.1. The minimum Gasteiger partial charge on any atom is -0.349 e. The number of carbonyl (C=O) groups excluding carboxylic acids is 1. The highest BCUT2D eigenvalue weighted by molar-refractivity contribution is 6.20. The van der Waals surface area contributed by atoms with Gasteiger partial charge in [0.05, 0.1) is 11.5 Å². The number of nitrogens with one attached hydrogen (secondary N) is 4. The summed E-state index contributed by atoms with van der Waals surface area (Å²) in [6, 6.07) is 6.61. The highest BCUT2D eigenvalue weighted by Crippen LogP contribution is 2.34. The molecule has 7 heteroatoms. The van der Waals surface area contributed by atoms with Gasteiger partial charge in [-0.15, -0.1) is 11.6 Å². The molecule has 0 bridgehead atoms. The number of hydroxylamine groups is 1. The normalized spacial score (nSPS) is 33.8. The summed E-state index contributed by atoms with van der Waals surface area (Å²) in [6.45, 7) is 2.89. The van der Waals surface area contributed by atoms with Crippen LogP contribution in [0.1, 0.15) is 61.5 Å². The van der Waals surface area contributed by atoms with Gasteiger partial charge < -0.3 is 10.6 Å².